The molecule has 0 amide bonds. The third-order valence-electron chi connectivity index (χ3n) is 6.99. The van der Waals surface area contributed by atoms with Gasteiger partial charge in [-0.2, -0.15) is 0 Å². The van der Waals surface area contributed by atoms with E-state index in [1.165, 1.54) is 18.6 Å². The van der Waals surface area contributed by atoms with Gasteiger partial charge in [0, 0.05) is 54.6 Å². The van der Waals surface area contributed by atoms with E-state index in [2.05, 4.69) is 20.5 Å². The van der Waals surface area contributed by atoms with Crippen LogP contribution < -0.4 is 15.5 Å². The van der Waals surface area contributed by atoms with E-state index in [1.807, 2.05) is 12.1 Å². The third kappa shape index (κ3) is 5.62. The van der Waals surface area contributed by atoms with Crippen LogP contribution in [0, 0.1) is 15.9 Å². The minimum Gasteiger partial charge on any atom is -0.424 e. The van der Waals surface area contributed by atoms with Gasteiger partial charge in [0.1, 0.15) is 5.82 Å². The molecule has 2 aliphatic rings. The maximum atomic E-state index is 13.6. The SMILES string of the molecule is O=[N+]([O-])c1ccc(N2CCC[C@H](NC3CCCCC3Nc3ncc(-c4cccc(F)c4)o3)C2)cc1. The molecule has 9 heteroatoms. The Labute approximate surface area is 203 Å². The van der Waals surface area contributed by atoms with Crippen molar-refractivity contribution in [1.29, 1.82) is 0 Å². The van der Waals surface area contributed by atoms with Gasteiger partial charge in [-0.3, -0.25) is 10.1 Å². The van der Waals surface area contributed by atoms with Gasteiger partial charge in [0.15, 0.2) is 5.76 Å². The van der Waals surface area contributed by atoms with Crippen LogP contribution in [-0.2, 0) is 0 Å². The lowest BCUT2D eigenvalue weighted by molar-refractivity contribution is -0.384. The number of oxazole rings is 1. The first-order chi connectivity index (χ1) is 17.0. The Kier molecular flexibility index (Phi) is 6.94. The largest absolute Gasteiger partial charge is 0.424 e. The van der Waals surface area contributed by atoms with E-state index in [0.29, 0.717) is 23.4 Å². The van der Waals surface area contributed by atoms with Crippen LogP contribution in [0.15, 0.2) is 59.1 Å². The van der Waals surface area contributed by atoms with Crippen molar-refractivity contribution >= 4 is 17.4 Å². The summed E-state index contributed by atoms with van der Waals surface area (Å²) in [7, 11) is 0. The lowest BCUT2D eigenvalue weighted by Crippen LogP contribution is -2.54. The highest BCUT2D eigenvalue weighted by Crippen LogP contribution is 2.28. The number of non-ortho nitro benzene ring substituents is 1. The van der Waals surface area contributed by atoms with Crippen molar-refractivity contribution < 1.29 is 13.7 Å². The van der Waals surface area contributed by atoms with E-state index in [0.717, 1.165) is 50.9 Å². The van der Waals surface area contributed by atoms with Crippen LogP contribution in [0.3, 0.4) is 0 Å². The minimum atomic E-state index is -0.366. The normalized spacial score (nSPS) is 22.7. The summed E-state index contributed by atoms with van der Waals surface area (Å²) >= 11 is 0. The molecule has 0 radical (unpaired) electrons. The number of nitrogens with one attached hydrogen (secondary N) is 2. The predicted molar refractivity (Wildman–Crippen MR) is 133 cm³/mol. The molecule has 35 heavy (non-hydrogen) atoms. The summed E-state index contributed by atoms with van der Waals surface area (Å²) in [5, 5.41) is 18.3. The zero-order valence-electron chi connectivity index (χ0n) is 19.5. The highest BCUT2D eigenvalue weighted by molar-refractivity contribution is 5.57. The van der Waals surface area contributed by atoms with E-state index in [9.17, 15) is 14.5 Å². The number of hydrogen-bond donors (Lipinski definition) is 2. The number of hydrogen-bond acceptors (Lipinski definition) is 7. The van der Waals surface area contributed by atoms with Crippen molar-refractivity contribution in [2.24, 2.45) is 0 Å². The average molecular weight is 480 g/mol. The molecule has 184 valence electrons. The number of benzene rings is 2. The lowest BCUT2D eigenvalue weighted by atomic mass is 9.89. The Morgan fingerprint density at radius 1 is 1.06 bits per heavy atom. The standard InChI is InChI=1S/C26H30FN5O3/c27-19-6-3-5-18(15-19)25-16-28-26(35-25)30-24-9-2-1-8-23(24)29-20-7-4-14-31(17-20)21-10-12-22(13-11-21)32(33)34/h3,5-6,10-13,15-16,20,23-24,29H,1-2,4,7-9,14,17H2,(H,28,30)/t20-,23?,24?/m0/s1. The van der Waals surface area contributed by atoms with Gasteiger partial charge in [0.25, 0.3) is 11.7 Å². The zero-order chi connectivity index (χ0) is 24.2. The number of rotatable bonds is 7. The van der Waals surface area contributed by atoms with Crippen LogP contribution in [0.25, 0.3) is 11.3 Å². The van der Waals surface area contributed by atoms with Gasteiger partial charge < -0.3 is 20.0 Å². The molecule has 2 heterocycles. The predicted octanol–water partition coefficient (Wildman–Crippen LogP) is 5.37. The Morgan fingerprint density at radius 2 is 1.86 bits per heavy atom. The van der Waals surface area contributed by atoms with Gasteiger partial charge in [0.2, 0.25) is 0 Å². The van der Waals surface area contributed by atoms with Gasteiger partial charge in [-0.25, -0.2) is 9.37 Å². The zero-order valence-corrected chi connectivity index (χ0v) is 19.5. The molecular weight excluding hydrogens is 449 g/mol. The van der Waals surface area contributed by atoms with Crippen molar-refractivity contribution in [2.75, 3.05) is 23.3 Å². The van der Waals surface area contributed by atoms with Crippen LogP contribution in [-0.4, -0.2) is 41.1 Å². The molecule has 3 aromatic rings. The summed E-state index contributed by atoms with van der Waals surface area (Å²) in [5.74, 6) is 0.235. The van der Waals surface area contributed by atoms with Crippen molar-refractivity contribution in [3.63, 3.8) is 0 Å². The van der Waals surface area contributed by atoms with Crippen molar-refractivity contribution in [3.8, 4) is 11.3 Å². The summed E-state index contributed by atoms with van der Waals surface area (Å²) in [4.78, 5) is 17.3. The first-order valence-corrected chi connectivity index (χ1v) is 12.3. The second kappa shape index (κ2) is 10.4. The number of nitro benzene ring substituents is 1. The monoisotopic (exact) mass is 479 g/mol. The molecule has 3 atom stereocenters. The van der Waals surface area contributed by atoms with Gasteiger partial charge in [0.05, 0.1) is 11.1 Å². The van der Waals surface area contributed by atoms with Crippen molar-refractivity contribution in [1.82, 2.24) is 10.3 Å². The fourth-order valence-corrected chi connectivity index (χ4v) is 5.21. The molecule has 5 rings (SSSR count). The Morgan fingerprint density at radius 3 is 2.63 bits per heavy atom. The number of piperidine rings is 1. The fraction of sp³-hybridized carbons (Fsp3) is 0.423. The molecule has 1 saturated heterocycles. The van der Waals surface area contributed by atoms with Gasteiger partial charge in [-0.05, 0) is 49.9 Å². The summed E-state index contributed by atoms with van der Waals surface area (Å²) < 4.78 is 19.5. The van der Waals surface area contributed by atoms with Crippen LogP contribution in [0.1, 0.15) is 38.5 Å². The summed E-state index contributed by atoms with van der Waals surface area (Å²) in [6, 6.07) is 14.4. The summed E-state index contributed by atoms with van der Waals surface area (Å²) in [6.45, 7) is 1.81. The highest BCUT2D eigenvalue weighted by atomic mass is 19.1. The van der Waals surface area contributed by atoms with E-state index < -0.39 is 0 Å². The molecule has 2 aromatic carbocycles. The van der Waals surface area contributed by atoms with Gasteiger partial charge in [-0.15, -0.1) is 0 Å². The van der Waals surface area contributed by atoms with Gasteiger partial charge >= 0.3 is 0 Å². The molecule has 1 aliphatic heterocycles. The molecule has 1 aliphatic carbocycles. The Balaban J connectivity index is 1.22. The molecule has 2 unspecified atom stereocenters. The quantitative estimate of drug-likeness (QED) is 0.347. The van der Waals surface area contributed by atoms with Crippen LogP contribution in [0.2, 0.25) is 0 Å². The third-order valence-corrected chi connectivity index (χ3v) is 6.99. The second-order valence-corrected chi connectivity index (χ2v) is 9.41. The Bertz CT molecular complexity index is 1150. The molecule has 8 nitrogen and oxygen atoms in total. The second-order valence-electron chi connectivity index (χ2n) is 9.41. The van der Waals surface area contributed by atoms with E-state index in [1.54, 1.807) is 30.5 Å². The lowest BCUT2D eigenvalue weighted by Gasteiger charge is -2.40. The highest BCUT2D eigenvalue weighted by Gasteiger charge is 2.30. The van der Waals surface area contributed by atoms with E-state index in [-0.39, 0.29) is 28.5 Å². The molecule has 0 bridgehead atoms. The maximum Gasteiger partial charge on any atom is 0.295 e. The molecule has 2 fully saturated rings. The van der Waals surface area contributed by atoms with Crippen LogP contribution >= 0.6 is 0 Å². The smallest absolute Gasteiger partial charge is 0.295 e. The van der Waals surface area contributed by atoms with E-state index in [4.69, 9.17) is 4.42 Å². The maximum absolute atomic E-state index is 13.6. The topological polar surface area (TPSA) is 96.5 Å². The van der Waals surface area contributed by atoms with Crippen molar-refractivity contribution in [2.45, 2.75) is 56.7 Å². The first-order valence-electron chi connectivity index (χ1n) is 12.3. The number of halogens is 1. The number of anilines is 2. The minimum absolute atomic E-state index is 0.114. The van der Waals surface area contributed by atoms with Gasteiger partial charge in [-0.1, -0.05) is 25.0 Å². The van der Waals surface area contributed by atoms with Crippen LogP contribution in [0.5, 0.6) is 0 Å². The summed E-state index contributed by atoms with van der Waals surface area (Å²) in [5.41, 5.74) is 1.80. The number of nitro groups is 1. The molecular formula is C26H30FN5O3. The van der Waals surface area contributed by atoms with E-state index >= 15 is 0 Å². The molecule has 0 spiro atoms. The van der Waals surface area contributed by atoms with Crippen LogP contribution in [0.4, 0.5) is 21.8 Å². The molecule has 1 aromatic heterocycles. The molecule has 1 saturated carbocycles. The molecule has 2 N–H and O–H groups in total. The first kappa shape index (κ1) is 23.3. The number of nitrogens with zero attached hydrogens (tertiary/aromatic N) is 3. The number of aromatic nitrogens is 1. The van der Waals surface area contributed by atoms with Crippen molar-refractivity contribution in [3.05, 3.63) is 70.7 Å². The summed E-state index contributed by atoms with van der Waals surface area (Å²) in [6.07, 6.45) is 8.20. The average Bonchev–Trinajstić information content (AvgIpc) is 3.34. The fourth-order valence-electron chi connectivity index (χ4n) is 5.21. The Hall–Kier alpha value is -3.46.